The summed E-state index contributed by atoms with van der Waals surface area (Å²) < 4.78 is 0. The van der Waals surface area contributed by atoms with Gasteiger partial charge in [-0.25, -0.2) is 0 Å². The predicted octanol–water partition coefficient (Wildman–Crippen LogP) is 5.32. The first-order valence-electron chi connectivity index (χ1n) is 14.0. The number of benzene rings is 1. The quantitative estimate of drug-likeness (QED) is 0.509. The monoisotopic (exact) mass is 507 g/mol. The molecule has 0 unspecified atom stereocenters. The molecule has 0 spiro atoms. The molecular weight excluding hydrogens is 466 g/mol. The van der Waals surface area contributed by atoms with Crippen molar-refractivity contribution in [1.29, 1.82) is 0 Å². The molecule has 3 saturated heterocycles. The first-order valence-corrected chi connectivity index (χ1v) is 14.4. The molecule has 0 atom stereocenters. The second-order valence-electron chi connectivity index (χ2n) is 10.4. The summed E-state index contributed by atoms with van der Waals surface area (Å²) in [4.78, 5) is 17.1. The van der Waals surface area contributed by atoms with Crippen molar-refractivity contribution < 1.29 is 0 Å². The van der Waals surface area contributed by atoms with Gasteiger partial charge in [0.05, 0.1) is 0 Å². The van der Waals surface area contributed by atoms with E-state index in [0.717, 1.165) is 37.8 Å². The van der Waals surface area contributed by atoms with Crippen LogP contribution in [0, 0.1) is 0 Å². The van der Waals surface area contributed by atoms with Gasteiger partial charge in [0.15, 0.2) is 5.11 Å². The molecule has 4 heterocycles. The van der Waals surface area contributed by atoms with E-state index < -0.39 is 0 Å². The van der Waals surface area contributed by atoms with E-state index in [0.29, 0.717) is 17.6 Å². The smallest absolute Gasteiger partial charge is 0.232 e. The highest BCUT2D eigenvalue weighted by molar-refractivity contribution is 7.80. The normalized spacial score (nSPS) is 19.1. The third-order valence-corrected chi connectivity index (χ3v) is 7.89. The topological polar surface area (TPSA) is 59.6 Å². The van der Waals surface area contributed by atoms with Crippen LogP contribution < -0.4 is 25.3 Å². The Hall–Kier alpha value is -2.61. The minimum atomic E-state index is 0.563. The molecule has 36 heavy (non-hydrogen) atoms. The zero-order chi connectivity index (χ0) is 24.6. The van der Waals surface area contributed by atoms with E-state index in [-0.39, 0.29) is 0 Å². The lowest BCUT2D eigenvalue weighted by molar-refractivity contribution is 0.726. The standard InChI is InChI=1S/C28H41N7S/c36-28(29-22-23-11-13-24(14-12-23)33-15-9-10-16-33)32-27-30-25(34-17-5-1-2-6-18-34)21-26(31-27)35-19-7-3-4-8-20-35/h11-14,21H,1-10,15-20,22H2,(H2,29,30,31,32,36). The van der Waals surface area contributed by atoms with Gasteiger partial charge in [-0.3, -0.25) is 0 Å². The minimum absolute atomic E-state index is 0.563. The summed E-state index contributed by atoms with van der Waals surface area (Å²) in [6.07, 6.45) is 12.7. The summed E-state index contributed by atoms with van der Waals surface area (Å²) in [5.41, 5.74) is 2.53. The molecule has 0 radical (unpaired) electrons. The zero-order valence-corrected chi connectivity index (χ0v) is 22.4. The molecule has 1 aromatic carbocycles. The van der Waals surface area contributed by atoms with Gasteiger partial charge >= 0.3 is 0 Å². The van der Waals surface area contributed by atoms with Crippen molar-refractivity contribution in [2.24, 2.45) is 0 Å². The Bertz CT molecular complexity index is 936. The molecule has 5 rings (SSSR count). The second-order valence-corrected chi connectivity index (χ2v) is 10.8. The summed E-state index contributed by atoms with van der Waals surface area (Å²) in [6, 6.07) is 11.0. The number of rotatable bonds is 6. The number of nitrogens with one attached hydrogen (secondary N) is 2. The fourth-order valence-corrected chi connectivity index (χ4v) is 5.69. The first-order chi connectivity index (χ1) is 17.7. The highest BCUT2D eigenvalue weighted by Crippen LogP contribution is 2.26. The lowest BCUT2D eigenvalue weighted by Gasteiger charge is -2.26. The van der Waals surface area contributed by atoms with Crippen molar-refractivity contribution in [2.75, 3.05) is 59.3 Å². The Morgan fingerprint density at radius 3 is 1.67 bits per heavy atom. The van der Waals surface area contributed by atoms with Crippen LogP contribution >= 0.6 is 12.2 Å². The first kappa shape index (κ1) is 25.1. The molecule has 1 aromatic heterocycles. The summed E-state index contributed by atoms with van der Waals surface area (Å²) in [6.45, 7) is 7.26. The van der Waals surface area contributed by atoms with Crippen LogP contribution in [0.25, 0.3) is 0 Å². The van der Waals surface area contributed by atoms with E-state index in [9.17, 15) is 0 Å². The molecule has 0 bridgehead atoms. The molecule has 8 heteroatoms. The Morgan fingerprint density at radius 2 is 1.14 bits per heavy atom. The van der Waals surface area contributed by atoms with Gasteiger partial charge in [-0.1, -0.05) is 37.8 Å². The van der Waals surface area contributed by atoms with Gasteiger partial charge in [-0.2, -0.15) is 9.97 Å². The summed E-state index contributed by atoms with van der Waals surface area (Å²) >= 11 is 5.65. The van der Waals surface area contributed by atoms with Crippen LogP contribution in [0.1, 0.15) is 69.8 Å². The van der Waals surface area contributed by atoms with Crippen LogP contribution in [-0.4, -0.2) is 54.3 Å². The molecule has 3 fully saturated rings. The number of hydrogen-bond acceptors (Lipinski definition) is 6. The third-order valence-electron chi connectivity index (χ3n) is 7.65. The number of aromatic nitrogens is 2. The van der Waals surface area contributed by atoms with E-state index in [2.05, 4.69) is 55.7 Å². The number of thiocarbonyl (C=S) groups is 1. The van der Waals surface area contributed by atoms with Gasteiger partial charge in [0, 0.05) is 57.6 Å². The molecular formula is C28H41N7S. The van der Waals surface area contributed by atoms with Crippen molar-refractivity contribution in [3.8, 4) is 0 Å². The van der Waals surface area contributed by atoms with E-state index >= 15 is 0 Å². The fraction of sp³-hybridized carbons (Fsp3) is 0.607. The second kappa shape index (κ2) is 12.6. The van der Waals surface area contributed by atoms with Crippen LogP contribution in [0.2, 0.25) is 0 Å². The van der Waals surface area contributed by atoms with Gasteiger partial charge in [-0.15, -0.1) is 0 Å². The van der Waals surface area contributed by atoms with Crippen LogP contribution in [-0.2, 0) is 6.54 Å². The predicted molar refractivity (Wildman–Crippen MR) is 154 cm³/mol. The SMILES string of the molecule is S=C(NCc1ccc(N2CCCC2)cc1)Nc1nc(N2CCCCCC2)cc(N2CCCCCC2)n1. The van der Waals surface area contributed by atoms with Gasteiger partial charge < -0.3 is 25.3 Å². The largest absolute Gasteiger partial charge is 0.372 e. The maximum Gasteiger partial charge on any atom is 0.232 e. The Labute approximate surface area is 221 Å². The van der Waals surface area contributed by atoms with Crippen molar-refractivity contribution in [3.63, 3.8) is 0 Å². The van der Waals surface area contributed by atoms with Crippen molar-refractivity contribution in [1.82, 2.24) is 15.3 Å². The van der Waals surface area contributed by atoms with Crippen LogP contribution in [0.15, 0.2) is 30.3 Å². The van der Waals surface area contributed by atoms with Gasteiger partial charge in [0.1, 0.15) is 11.6 Å². The van der Waals surface area contributed by atoms with Crippen molar-refractivity contribution in [2.45, 2.75) is 70.8 Å². The highest BCUT2D eigenvalue weighted by Gasteiger charge is 2.18. The van der Waals surface area contributed by atoms with E-state index in [4.69, 9.17) is 22.2 Å². The van der Waals surface area contributed by atoms with E-state index in [1.165, 1.54) is 88.5 Å². The lowest BCUT2D eigenvalue weighted by Crippen LogP contribution is -2.31. The van der Waals surface area contributed by atoms with Gasteiger partial charge in [0.25, 0.3) is 0 Å². The Balaban J connectivity index is 1.25. The molecule has 3 aliphatic rings. The number of hydrogen-bond donors (Lipinski definition) is 2. The van der Waals surface area contributed by atoms with Gasteiger partial charge in [-0.05, 0) is 68.4 Å². The minimum Gasteiger partial charge on any atom is -0.372 e. The maximum atomic E-state index is 5.65. The summed E-state index contributed by atoms with van der Waals surface area (Å²) in [7, 11) is 0. The molecule has 0 aliphatic carbocycles. The molecule has 7 nitrogen and oxygen atoms in total. The van der Waals surface area contributed by atoms with Crippen LogP contribution in [0.5, 0.6) is 0 Å². The summed E-state index contributed by atoms with van der Waals surface area (Å²) in [5.74, 6) is 2.64. The molecule has 3 aliphatic heterocycles. The average Bonchev–Trinajstić information content (AvgIpc) is 3.13. The van der Waals surface area contributed by atoms with Crippen molar-refractivity contribution in [3.05, 3.63) is 35.9 Å². The highest BCUT2D eigenvalue weighted by atomic mass is 32.1. The van der Waals surface area contributed by atoms with Crippen molar-refractivity contribution >= 4 is 40.6 Å². The maximum absolute atomic E-state index is 5.65. The van der Waals surface area contributed by atoms with Gasteiger partial charge in [0.2, 0.25) is 5.95 Å². The molecule has 0 saturated carbocycles. The Kier molecular flexibility index (Phi) is 8.75. The molecule has 0 amide bonds. The number of anilines is 4. The van der Waals surface area contributed by atoms with Crippen LogP contribution in [0.3, 0.4) is 0 Å². The lowest BCUT2D eigenvalue weighted by atomic mass is 10.2. The molecule has 194 valence electrons. The average molecular weight is 508 g/mol. The number of nitrogens with zero attached hydrogens (tertiary/aromatic N) is 5. The Morgan fingerprint density at radius 1 is 0.667 bits per heavy atom. The van der Waals surface area contributed by atoms with Crippen LogP contribution in [0.4, 0.5) is 23.3 Å². The third kappa shape index (κ3) is 6.78. The molecule has 2 aromatic rings. The van der Waals surface area contributed by atoms with E-state index in [1.54, 1.807) is 0 Å². The summed E-state index contributed by atoms with van der Waals surface area (Å²) in [5, 5.41) is 7.21. The van der Waals surface area contributed by atoms with E-state index in [1.807, 2.05) is 0 Å². The fourth-order valence-electron chi connectivity index (χ4n) is 5.53. The zero-order valence-electron chi connectivity index (χ0n) is 21.6. The molecule has 2 N–H and O–H groups in total.